The van der Waals surface area contributed by atoms with E-state index in [4.69, 9.17) is 11.6 Å². The molecule has 5 nitrogen and oxygen atoms in total. The number of rotatable bonds is 5. The van der Waals surface area contributed by atoms with Crippen molar-refractivity contribution in [1.29, 1.82) is 0 Å². The Hall–Kier alpha value is -3.41. The summed E-state index contributed by atoms with van der Waals surface area (Å²) in [6, 6.07) is 28.6. The van der Waals surface area contributed by atoms with Gasteiger partial charge in [-0.1, -0.05) is 90.0 Å². The standard InChI is InChI=1S/C28H26ClN3O2/c1-20-12-14-23(15-13-20)32-27(33)24(29)26(28(32)34)31-18-16-30(17-19-31)25(21-8-4-2-5-9-21)22-10-6-3-7-11-22/h2-15,25H,16-19H2,1H3/p+1. The molecule has 0 bridgehead atoms. The van der Waals surface area contributed by atoms with Crippen LogP contribution in [0.4, 0.5) is 5.69 Å². The number of nitrogens with one attached hydrogen (secondary N) is 1. The van der Waals surface area contributed by atoms with Gasteiger partial charge in [-0.2, -0.15) is 0 Å². The molecule has 6 heteroatoms. The van der Waals surface area contributed by atoms with E-state index in [0.29, 0.717) is 24.5 Å². The van der Waals surface area contributed by atoms with Gasteiger partial charge in [-0.3, -0.25) is 9.59 Å². The van der Waals surface area contributed by atoms with Crippen molar-refractivity contribution in [1.82, 2.24) is 4.90 Å². The fourth-order valence-corrected chi connectivity index (χ4v) is 5.24. The first-order valence-electron chi connectivity index (χ1n) is 11.6. The number of nitrogens with zero attached hydrogens (tertiary/aromatic N) is 2. The van der Waals surface area contributed by atoms with Crippen LogP contribution in [0.15, 0.2) is 95.7 Å². The molecule has 1 saturated heterocycles. The summed E-state index contributed by atoms with van der Waals surface area (Å²) in [6.07, 6.45) is 0. The molecule has 0 aliphatic carbocycles. The molecule has 2 aliphatic rings. The van der Waals surface area contributed by atoms with Crippen LogP contribution in [-0.4, -0.2) is 42.9 Å². The zero-order valence-corrected chi connectivity index (χ0v) is 19.8. The second-order valence-electron chi connectivity index (χ2n) is 8.84. The Morgan fingerprint density at radius 1 is 0.765 bits per heavy atom. The average Bonchev–Trinajstić information content (AvgIpc) is 3.09. The van der Waals surface area contributed by atoms with Gasteiger partial charge in [0.05, 0.1) is 31.9 Å². The Labute approximate surface area is 204 Å². The van der Waals surface area contributed by atoms with E-state index >= 15 is 0 Å². The van der Waals surface area contributed by atoms with Crippen LogP contribution in [0, 0.1) is 6.92 Å². The van der Waals surface area contributed by atoms with Crippen molar-refractivity contribution in [2.24, 2.45) is 0 Å². The van der Waals surface area contributed by atoms with Crippen molar-refractivity contribution in [2.45, 2.75) is 13.0 Å². The van der Waals surface area contributed by atoms with Crippen LogP contribution >= 0.6 is 11.6 Å². The second kappa shape index (κ2) is 9.45. The van der Waals surface area contributed by atoms with Gasteiger partial charge in [-0.25, -0.2) is 4.90 Å². The molecule has 5 rings (SSSR count). The summed E-state index contributed by atoms with van der Waals surface area (Å²) >= 11 is 6.44. The Kier molecular flexibility index (Phi) is 6.22. The van der Waals surface area contributed by atoms with Crippen LogP contribution in [0.2, 0.25) is 0 Å². The predicted octanol–water partition coefficient (Wildman–Crippen LogP) is 3.31. The lowest BCUT2D eigenvalue weighted by Crippen LogP contribution is -3.15. The van der Waals surface area contributed by atoms with Crippen molar-refractivity contribution in [3.8, 4) is 0 Å². The maximum Gasteiger partial charge on any atom is 0.283 e. The molecule has 172 valence electrons. The Balaban J connectivity index is 1.35. The number of carbonyl (C=O) groups is 2. The van der Waals surface area contributed by atoms with E-state index in [0.717, 1.165) is 18.7 Å². The molecule has 0 atom stereocenters. The number of carbonyl (C=O) groups excluding carboxylic acids is 2. The van der Waals surface area contributed by atoms with Crippen molar-refractivity contribution >= 4 is 29.1 Å². The van der Waals surface area contributed by atoms with Crippen molar-refractivity contribution in [2.75, 3.05) is 31.1 Å². The van der Waals surface area contributed by atoms with Gasteiger partial charge < -0.3 is 9.80 Å². The molecule has 0 unspecified atom stereocenters. The molecule has 1 fully saturated rings. The average molecular weight is 473 g/mol. The molecule has 0 radical (unpaired) electrons. The first kappa shape index (κ1) is 22.4. The molecular weight excluding hydrogens is 446 g/mol. The van der Waals surface area contributed by atoms with Crippen LogP contribution in [0.3, 0.4) is 0 Å². The van der Waals surface area contributed by atoms with E-state index < -0.39 is 5.91 Å². The van der Waals surface area contributed by atoms with Gasteiger partial charge in [0.2, 0.25) is 0 Å². The SMILES string of the molecule is Cc1ccc(N2C(=O)C(Cl)=C(N3CC[NH+](C(c4ccccc4)c4ccccc4)CC3)C2=O)cc1. The van der Waals surface area contributed by atoms with Crippen LogP contribution in [0.1, 0.15) is 22.7 Å². The van der Waals surface area contributed by atoms with E-state index in [-0.39, 0.29) is 17.0 Å². The number of imide groups is 1. The molecular formula is C28H27ClN3O2+. The molecule has 2 amide bonds. The number of hydrogen-bond acceptors (Lipinski definition) is 3. The summed E-state index contributed by atoms with van der Waals surface area (Å²) < 4.78 is 0. The largest absolute Gasteiger partial charge is 0.354 e. The predicted molar refractivity (Wildman–Crippen MR) is 134 cm³/mol. The van der Waals surface area contributed by atoms with Gasteiger partial charge >= 0.3 is 0 Å². The van der Waals surface area contributed by atoms with E-state index in [1.165, 1.54) is 20.9 Å². The normalized spacial score (nSPS) is 17.3. The lowest BCUT2D eigenvalue weighted by Gasteiger charge is -2.38. The highest BCUT2D eigenvalue weighted by atomic mass is 35.5. The third-order valence-electron chi connectivity index (χ3n) is 6.69. The lowest BCUT2D eigenvalue weighted by atomic mass is 9.96. The molecule has 2 aliphatic heterocycles. The lowest BCUT2D eigenvalue weighted by molar-refractivity contribution is -0.929. The zero-order chi connectivity index (χ0) is 23.7. The molecule has 3 aromatic carbocycles. The van der Waals surface area contributed by atoms with Crippen LogP contribution in [0.25, 0.3) is 0 Å². The summed E-state index contributed by atoms with van der Waals surface area (Å²) in [5, 5.41) is 0.0108. The van der Waals surface area contributed by atoms with Gasteiger partial charge in [0.15, 0.2) is 0 Å². The minimum Gasteiger partial charge on any atom is -0.354 e. The van der Waals surface area contributed by atoms with Gasteiger partial charge in [-0.15, -0.1) is 0 Å². The fraction of sp³-hybridized carbons (Fsp3) is 0.214. The van der Waals surface area contributed by atoms with E-state index in [9.17, 15) is 9.59 Å². The minimum atomic E-state index is -0.452. The monoisotopic (exact) mass is 472 g/mol. The number of hydrogen-bond donors (Lipinski definition) is 1. The highest BCUT2D eigenvalue weighted by Gasteiger charge is 2.43. The second-order valence-corrected chi connectivity index (χ2v) is 9.22. The molecule has 1 N–H and O–H groups in total. The molecule has 0 spiro atoms. The van der Waals surface area contributed by atoms with Gasteiger partial charge in [0, 0.05) is 11.1 Å². The van der Waals surface area contributed by atoms with Crippen molar-refractivity contribution in [3.63, 3.8) is 0 Å². The molecule has 3 aromatic rings. The van der Waals surface area contributed by atoms with E-state index in [1.807, 2.05) is 36.1 Å². The number of anilines is 1. The Morgan fingerprint density at radius 2 is 1.29 bits per heavy atom. The summed E-state index contributed by atoms with van der Waals surface area (Å²) in [7, 11) is 0. The zero-order valence-electron chi connectivity index (χ0n) is 19.1. The number of aryl methyl sites for hydroxylation is 1. The van der Waals surface area contributed by atoms with E-state index in [2.05, 4.69) is 48.5 Å². The van der Waals surface area contributed by atoms with Crippen molar-refractivity contribution < 1.29 is 14.5 Å². The van der Waals surface area contributed by atoms with E-state index in [1.54, 1.807) is 12.1 Å². The maximum absolute atomic E-state index is 13.3. The molecule has 0 saturated carbocycles. The number of halogens is 1. The number of quaternary nitrogens is 1. The third kappa shape index (κ3) is 4.13. The molecule has 0 aromatic heterocycles. The van der Waals surface area contributed by atoms with Gasteiger partial charge in [0.25, 0.3) is 11.8 Å². The first-order chi connectivity index (χ1) is 16.5. The molecule has 2 heterocycles. The van der Waals surface area contributed by atoms with Gasteiger partial charge in [0.1, 0.15) is 16.8 Å². The minimum absolute atomic E-state index is 0.0108. The highest BCUT2D eigenvalue weighted by Crippen LogP contribution is 2.31. The quantitative estimate of drug-likeness (QED) is 0.579. The highest BCUT2D eigenvalue weighted by molar-refractivity contribution is 6.52. The summed E-state index contributed by atoms with van der Waals surface area (Å²) in [6.45, 7) is 4.92. The van der Waals surface area contributed by atoms with Crippen LogP contribution < -0.4 is 9.80 Å². The Morgan fingerprint density at radius 3 is 1.82 bits per heavy atom. The fourth-order valence-electron chi connectivity index (χ4n) is 4.95. The molecule has 34 heavy (non-hydrogen) atoms. The number of benzene rings is 3. The summed E-state index contributed by atoms with van der Waals surface area (Å²) in [4.78, 5) is 30.8. The maximum atomic E-state index is 13.3. The van der Waals surface area contributed by atoms with Crippen LogP contribution in [0.5, 0.6) is 0 Å². The first-order valence-corrected chi connectivity index (χ1v) is 12.0. The summed E-state index contributed by atoms with van der Waals surface area (Å²) in [5.41, 5.74) is 4.47. The third-order valence-corrected chi connectivity index (χ3v) is 7.03. The van der Waals surface area contributed by atoms with Gasteiger partial charge in [-0.05, 0) is 19.1 Å². The topological polar surface area (TPSA) is 45.1 Å². The van der Waals surface area contributed by atoms with Crippen LogP contribution in [-0.2, 0) is 9.59 Å². The Bertz CT molecular complexity index is 1180. The number of piperazine rings is 1. The smallest absolute Gasteiger partial charge is 0.283 e. The summed E-state index contributed by atoms with van der Waals surface area (Å²) in [5.74, 6) is -0.795. The number of amides is 2. The van der Waals surface area contributed by atoms with Crippen molar-refractivity contribution in [3.05, 3.63) is 112 Å².